The van der Waals surface area contributed by atoms with Gasteiger partial charge in [0.15, 0.2) is 11.5 Å². The van der Waals surface area contributed by atoms with Crippen molar-refractivity contribution >= 4 is 31.9 Å². The molecule has 7 nitrogen and oxygen atoms in total. The molecule has 0 radical (unpaired) electrons. The maximum Gasteiger partial charge on any atom is 0.326 e. The molecule has 1 aliphatic heterocycles. The number of nitrogens with zero attached hydrogens (tertiary/aromatic N) is 3. The molecule has 0 fully saturated rings. The van der Waals surface area contributed by atoms with Crippen LogP contribution in [-0.2, 0) is 31.6 Å². The average Bonchev–Trinajstić information content (AvgIpc) is 2.90. The molecular formula is C20H16BrN3O4S. The van der Waals surface area contributed by atoms with Gasteiger partial charge in [0.1, 0.15) is 0 Å². The second-order valence-electron chi connectivity index (χ2n) is 6.33. The zero-order chi connectivity index (χ0) is 21.2. The van der Waals surface area contributed by atoms with Crippen LogP contribution in [0.3, 0.4) is 0 Å². The minimum atomic E-state index is -4.14. The third kappa shape index (κ3) is 3.32. The molecule has 0 aliphatic carbocycles. The summed E-state index contributed by atoms with van der Waals surface area (Å²) in [7, 11) is -4.14. The van der Waals surface area contributed by atoms with Gasteiger partial charge >= 0.3 is 5.97 Å². The Morgan fingerprint density at radius 1 is 1.21 bits per heavy atom. The summed E-state index contributed by atoms with van der Waals surface area (Å²) in [5.41, 5.74) is -1.34. The van der Waals surface area contributed by atoms with Crippen LogP contribution in [0.1, 0.15) is 18.1 Å². The molecular weight excluding hydrogens is 458 g/mol. The summed E-state index contributed by atoms with van der Waals surface area (Å²) in [4.78, 5) is 12.5. The quantitative estimate of drug-likeness (QED) is 0.616. The Labute approximate surface area is 177 Å². The lowest BCUT2D eigenvalue weighted by atomic mass is 9.79. The van der Waals surface area contributed by atoms with Crippen molar-refractivity contribution in [3.05, 3.63) is 64.1 Å². The zero-order valence-corrected chi connectivity index (χ0v) is 17.8. The average molecular weight is 474 g/mol. The summed E-state index contributed by atoms with van der Waals surface area (Å²) in [6, 6.07) is 16.6. The van der Waals surface area contributed by atoms with Crippen LogP contribution in [-0.4, -0.2) is 25.3 Å². The maximum atomic E-state index is 13.3. The molecule has 0 saturated heterocycles. The van der Waals surface area contributed by atoms with E-state index < -0.39 is 27.4 Å². The smallest absolute Gasteiger partial charge is 0.326 e. The molecule has 29 heavy (non-hydrogen) atoms. The van der Waals surface area contributed by atoms with Crippen LogP contribution in [0.15, 0.2) is 57.9 Å². The van der Waals surface area contributed by atoms with Gasteiger partial charge in [-0.15, -0.1) is 0 Å². The van der Waals surface area contributed by atoms with Gasteiger partial charge in [-0.25, -0.2) is 8.42 Å². The number of halogens is 1. The number of esters is 1. The third-order valence-electron chi connectivity index (χ3n) is 4.74. The van der Waals surface area contributed by atoms with Crippen molar-refractivity contribution < 1.29 is 17.9 Å². The monoisotopic (exact) mass is 473 g/mol. The number of rotatable bonds is 5. The molecule has 2 aromatic rings. The van der Waals surface area contributed by atoms with Crippen molar-refractivity contribution in [1.82, 2.24) is 4.31 Å². The summed E-state index contributed by atoms with van der Waals surface area (Å²) < 4.78 is 33.4. The van der Waals surface area contributed by atoms with Crippen molar-refractivity contribution in [3.8, 4) is 12.1 Å². The fourth-order valence-corrected chi connectivity index (χ4v) is 5.63. The van der Waals surface area contributed by atoms with Crippen molar-refractivity contribution in [2.45, 2.75) is 23.9 Å². The fraction of sp³-hybridized carbons (Fsp3) is 0.250. The van der Waals surface area contributed by atoms with E-state index in [1.807, 2.05) is 12.1 Å². The molecule has 0 saturated carbocycles. The van der Waals surface area contributed by atoms with Gasteiger partial charge in [0.2, 0.25) is 10.0 Å². The summed E-state index contributed by atoms with van der Waals surface area (Å²) >= 11 is 3.32. The highest BCUT2D eigenvalue weighted by atomic mass is 79.9. The molecule has 0 aromatic heterocycles. The van der Waals surface area contributed by atoms with Crippen molar-refractivity contribution in [2.75, 3.05) is 6.61 Å². The van der Waals surface area contributed by atoms with E-state index in [1.54, 1.807) is 37.3 Å². The van der Waals surface area contributed by atoms with Crippen LogP contribution >= 0.6 is 15.9 Å². The number of carbonyl (C=O) groups is 1. The Morgan fingerprint density at radius 2 is 1.86 bits per heavy atom. The van der Waals surface area contributed by atoms with E-state index in [0.29, 0.717) is 5.56 Å². The summed E-state index contributed by atoms with van der Waals surface area (Å²) in [5.74, 6) is -2.59. The van der Waals surface area contributed by atoms with Gasteiger partial charge in [-0.1, -0.05) is 46.3 Å². The number of carbonyl (C=O) groups excluding carboxylic acids is 1. The Hall–Kier alpha value is -2.72. The molecule has 1 heterocycles. The number of fused-ring (bicyclic) bond motifs is 1. The Morgan fingerprint density at radius 3 is 2.45 bits per heavy atom. The van der Waals surface area contributed by atoms with E-state index in [0.717, 1.165) is 8.78 Å². The van der Waals surface area contributed by atoms with Crippen LogP contribution in [0.2, 0.25) is 0 Å². The molecule has 9 heteroatoms. The maximum absolute atomic E-state index is 13.3. The molecule has 2 atom stereocenters. The first kappa shape index (κ1) is 21.0. The van der Waals surface area contributed by atoms with E-state index in [2.05, 4.69) is 15.9 Å². The van der Waals surface area contributed by atoms with E-state index in [9.17, 15) is 23.7 Å². The van der Waals surface area contributed by atoms with Crippen LogP contribution in [0.25, 0.3) is 0 Å². The van der Waals surface area contributed by atoms with E-state index in [4.69, 9.17) is 4.74 Å². The minimum Gasteiger partial charge on any atom is -0.465 e. The summed E-state index contributed by atoms with van der Waals surface area (Å²) in [5, 5.41) is 20.0. The normalized spacial score (nSPS) is 20.8. The number of hydrogen-bond acceptors (Lipinski definition) is 6. The summed E-state index contributed by atoms with van der Waals surface area (Å²) in [6.45, 7) is 1.39. The molecule has 1 aliphatic rings. The van der Waals surface area contributed by atoms with Crippen molar-refractivity contribution in [2.24, 2.45) is 5.92 Å². The van der Waals surface area contributed by atoms with Crippen LogP contribution in [0.4, 0.5) is 0 Å². The van der Waals surface area contributed by atoms with Gasteiger partial charge in [0, 0.05) is 16.6 Å². The predicted octanol–water partition coefficient (Wildman–Crippen LogP) is 3.08. The predicted molar refractivity (Wildman–Crippen MR) is 106 cm³/mol. The highest BCUT2D eigenvalue weighted by Crippen LogP contribution is 2.49. The Kier molecular flexibility index (Phi) is 5.76. The highest BCUT2D eigenvalue weighted by Gasteiger charge is 2.61. The molecule has 0 spiro atoms. The standard InChI is InChI=1S/C20H16BrN3O4S/c1-2-28-19(25)17(11-22)20(13-23)16-5-3-4-6-18(16)29(26,27)24(20)12-14-7-9-15(21)10-8-14/h3-10,17H,2,12H2,1H3. The topological polar surface area (TPSA) is 111 Å². The minimum absolute atomic E-state index is 0.000366. The molecule has 2 aromatic carbocycles. The molecule has 3 rings (SSSR count). The second-order valence-corrected chi connectivity index (χ2v) is 9.07. The van der Waals surface area contributed by atoms with Crippen LogP contribution in [0, 0.1) is 28.6 Å². The zero-order valence-electron chi connectivity index (χ0n) is 15.4. The van der Waals surface area contributed by atoms with E-state index in [1.165, 1.54) is 18.2 Å². The van der Waals surface area contributed by atoms with E-state index >= 15 is 0 Å². The van der Waals surface area contributed by atoms with E-state index in [-0.39, 0.29) is 23.6 Å². The SMILES string of the molecule is CCOC(=O)C(C#N)C1(C#N)c2ccccc2S(=O)(=O)N1Cc1ccc(Br)cc1. The first-order chi connectivity index (χ1) is 13.8. The van der Waals surface area contributed by atoms with Gasteiger partial charge in [-0.3, -0.25) is 4.79 Å². The second kappa shape index (κ2) is 7.96. The van der Waals surface area contributed by atoms with Crippen LogP contribution < -0.4 is 0 Å². The lowest BCUT2D eigenvalue weighted by Gasteiger charge is -2.33. The number of hydrogen-bond donors (Lipinski definition) is 0. The number of ether oxygens (including phenoxy) is 1. The van der Waals surface area contributed by atoms with Gasteiger partial charge in [0.25, 0.3) is 0 Å². The van der Waals surface area contributed by atoms with Gasteiger partial charge in [-0.2, -0.15) is 14.8 Å². The van der Waals surface area contributed by atoms with Gasteiger partial charge in [0.05, 0.1) is 23.6 Å². The van der Waals surface area contributed by atoms with Crippen molar-refractivity contribution in [1.29, 1.82) is 10.5 Å². The lowest BCUT2D eigenvalue weighted by Crippen LogP contribution is -2.50. The highest BCUT2D eigenvalue weighted by molar-refractivity contribution is 9.10. The van der Waals surface area contributed by atoms with Gasteiger partial charge in [-0.05, 0) is 30.7 Å². The molecule has 0 amide bonds. The Balaban J connectivity index is 2.26. The molecule has 2 unspecified atom stereocenters. The molecule has 0 bridgehead atoms. The first-order valence-electron chi connectivity index (χ1n) is 8.67. The largest absolute Gasteiger partial charge is 0.465 e. The Bertz CT molecular complexity index is 1140. The first-order valence-corrected chi connectivity index (χ1v) is 10.9. The lowest BCUT2D eigenvalue weighted by molar-refractivity contribution is -0.149. The number of benzene rings is 2. The van der Waals surface area contributed by atoms with Crippen LogP contribution in [0.5, 0.6) is 0 Å². The van der Waals surface area contributed by atoms with Crippen molar-refractivity contribution in [3.63, 3.8) is 0 Å². The third-order valence-corrected chi connectivity index (χ3v) is 7.18. The van der Waals surface area contributed by atoms with Gasteiger partial charge < -0.3 is 4.74 Å². The number of sulfonamides is 1. The fourth-order valence-electron chi connectivity index (χ4n) is 3.44. The molecule has 148 valence electrons. The molecule has 0 N–H and O–H groups in total. The summed E-state index contributed by atoms with van der Waals surface area (Å²) in [6.07, 6.45) is 0. The number of nitriles is 2.